The molecule has 2 amide bonds. The normalized spacial score (nSPS) is 30.3. The van der Waals surface area contributed by atoms with Crippen LogP contribution in [0.5, 0.6) is 0 Å². The van der Waals surface area contributed by atoms with Crippen molar-refractivity contribution in [1.82, 2.24) is 10.0 Å². The van der Waals surface area contributed by atoms with Crippen LogP contribution in [0.1, 0.15) is 42.5 Å². The summed E-state index contributed by atoms with van der Waals surface area (Å²) in [6.07, 6.45) is 7.97. The molecule has 1 heterocycles. The molecular formula is C18H23N3O4S. The molecule has 0 spiro atoms. The van der Waals surface area contributed by atoms with Gasteiger partial charge in [0.15, 0.2) is 0 Å². The molecule has 1 fully saturated rings. The molecule has 0 radical (unpaired) electrons. The van der Waals surface area contributed by atoms with E-state index in [1.165, 1.54) is 24.3 Å². The van der Waals surface area contributed by atoms with Gasteiger partial charge in [0, 0.05) is 18.0 Å². The van der Waals surface area contributed by atoms with Gasteiger partial charge in [-0.05, 0) is 43.9 Å². The van der Waals surface area contributed by atoms with Crippen LogP contribution in [-0.4, -0.2) is 32.3 Å². The Morgan fingerprint density at radius 2 is 1.96 bits per heavy atom. The lowest BCUT2D eigenvalue weighted by Crippen LogP contribution is -2.46. The van der Waals surface area contributed by atoms with Gasteiger partial charge in [-0.15, -0.1) is 0 Å². The number of benzene rings is 1. The quantitative estimate of drug-likeness (QED) is 0.585. The molecule has 8 heteroatoms. The lowest BCUT2D eigenvalue weighted by atomic mass is 10.1. The van der Waals surface area contributed by atoms with Gasteiger partial charge in [0.2, 0.25) is 0 Å². The number of carbonyl (C=O) groups excluding carboxylic acids is 2. The lowest BCUT2D eigenvalue weighted by Gasteiger charge is -2.12. The number of nitrogens with one attached hydrogen (secondary N) is 2. The molecule has 2 atom stereocenters. The fraction of sp³-hybridized carbons (Fsp3) is 0.444. The molecule has 140 valence electrons. The third-order valence-electron chi connectivity index (χ3n) is 4.82. The molecule has 2 bridgehead atoms. The van der Waals surface area contributed by atoms with E-state index >= 15 is 0 Å². The highest BCUT2D eigenvalue weighted by Gasteiger charge is 2.56. The highest BCUT2D eigenvalue weighted by atomic mass is 32.2. The molecule has 2 aliphatic rings. The third kappa shape index (κ3) is 3.96. The second-order valence-corrected chi connectivity index (χ2v) is 8.53. The van der Waals surface area contributed by atoms with Gasteiger partial charge in [0.25, 0.3) is 21.8 Å². The van der Waals surface area contributed by atoms with E-state index in [4.69, 9.17) is 5.73 Å². The summed E-state index contributed by atoms with van der Waals surface area (Å²) in [6.45, 7) is 0.533. The molecule has 3 rings (SSSR count). The van der Waals surface area contributed by atoms with E-state index in [-0.39, 0.29) is 22.3 Å². The van der Waals surface area contributed by atoms with Gasteiger partial charge in [-0.2, -0.15) is 0 Å². The number of nitrogens with two attached hydrogens (primary N) is 1. The molecule has 1 saturated carbocycles. The Morgan fingerprint density at radius 1 is 1.15 bits per heavy atom. The van der Waals surface area contributed by atoms with Crippen molar-refractivity contribution in [1.29, 1.82) is 0 Å². The SMILES string of the molecule is N[C@]12C[C@@H]1/C=C\CCCCCNC(=O)c1cccc(c1)S(=O)(=O)NC2=O. The Kier molecular flexibility index (Phi) is 5.15. The molecule has 26 heavy (non-hydrogen) atoms. The minimum absolute atomic E-state index is 0.140. The second kappa shape index (κ2) is 7.20. The Morgan fingerprint density at radius 3 is 2.77 bits per heavy atom. The van der Waals surface area contributed by atoms with Crippen molar-refractivity contribution < 1.29 is 18.0 Å². The van der Waals surface area contributed by atoms with Crippen molar-refractivity contribution in [2.24, 2.45) is 11.7 Å². The number of amides is 2. The molecule has 0 unspecified atom stereocenters. The van der Waals surface area contributed by atoms with Crippen molar-refractivity contribution in [3.63, 3.8) is 0 Å². The molecule has 1 aliphatic heterocycles. The van der Waals surface area contributed by atoms with E-state index in [0.29, 0.717) is 13.0 Å². The summed E-state index contributed by atoms with van der Waals surface area (Å²) in [4.78, 5) is 24.4. The predicted octanol–water partition coefficient (Wildman–Crippen LogP) is 1.07. The second-order valence-electron chi connectivity index (χ2n) is 6.85. The van der Waals surface area contributed by atoms with Crippen LogP contribution in [-0.2, 0) is 14.8 Å². The molecule has 4 N–H and O–H groups in total. The topological polar surface area (TPSA) is 118 Å². The Labute approximate surface area is 153 Å². The van der Waals surface area contributed by atoms with Gasteiger partial charge in [-0.1, -0.05) is 24.6 Å². The fourth-order valence-electron chi connectivity index (χ4n) is 3.01. The largest absolute Gasteiger partial charge is 0.352 e. The Balaban J connectivity index is 1.87. The van der Waals surface area contributed by atoms with E-state index in [2.05, 4.69) is 5.32 Å². The predicted molar refractivity (Wildman–Crippen MR) is 96.7 cm³/mol. The van der Waals surface area contributed by atoms with Crippen LogP contribution in [0.3, 0.4) is 0 Å². The summed E-state index contributed by atoms with van der Waals surface area (Å²) in [6, 6.07) is 5.61. The maximum Gasteiger partial charge on any atom is 0.264 e. The van der Waals surface area contributed by atoms with Crippen LogP contribution < -0.4 is 15.8 Å². The maximum absolute atomic E-state index is 12.5. The van der Waals surface area contributed by atoms with Gasteiger partial charge in [0.1, 0.15) is 5.54 Å². The number of allylic oxidation sites excluding steroid dienone is 1. The molecule has 1 aromatic rings. The van der Waals surface area contributed by atoms with Crippen molar-refractivity contribution in [3.05, 3.63) is 42.0 Å². The van der Waals surface area contributed by atoms with E-state index in [1.54, 1.807) is 0 Å². The zero-order chi connectivity index (χ0) is 18.8. The first-order chi connectivity index (χ1) is 12.3. The molecule has 1 aliphatic carbocycles. The zero-order valence-corrected chi connectivity index (χ0v) is 15.2. The Hall–Kier alpha value is -2.19. The summed E-state index contributed by atoms with van der Waals surface area (Å²) < 4.78 is 27.0. The van der Waals surface area contributed by atoms with Gasteiger partial charge < -0.3 is 11.1 Å². The summed E-state index contributed by atoms with van der Waals surface area (Å²) >= 11 is 0. The monoisotopic (exact) mass is 377 g/mol. The summed E-state index contributed by atoms with van der Waals surface area (Å²) in [5, 5.41) is 2.78. The average molecular weight is 377 g/mol. The zero-order valence-electron chi connectivity index (χ0n) is 14.4. The Bertz CT molecular complexity index is 850. The van der Waals surface area contributed by atoms with Crippen LogP contribution in [0.2, 0.25) is 0 Å². The number of fused-ring (bicyclic) bond motifs is 3. The standard InChI is InChI=1S/C18H23N3O4S/c19-18-12-14(18)8-4-2-1-3-5-10-20-16(22)13-7-6-9-15(11-13)26(24,25)21-17(18)23/h4,6-9,11,14H,1-3,5,10,12,19H2,(H,20,22)(H,21,23)/b8-4-/t14-,18+/m0/s1. The molecule has 1 aromatic carbocycles. The third-order valence-corrected chi connectivity index (χ3v) is 6.15. The highest BCUT2D eigenvalue weighted by molar-refractivity contribution is 7.90. The number of hydrogen-bond donors (Lipinski definition) is 3. The molecule has 0 saturated heterocycles. The minimum Gasteiger partial charge on any atom is -0.352 e. The van der Waals surface area contributed by atoms with Crippen molar-refractivity contribution in [2.75, 3.05) is 6.54 Å². The van der Waals surface area contributed by atoms with E-state index < -0.39 is 21.5 Å². The van der Waals surface area contributed by atoms with Gasteiger partial charge >= 0.3 is 0 Å². The van der Waals surface area contributed by atoms with Crippen LogP contribution in [0.15, 0.2) is 41.3 Å². The summed E-state index contributed by atoms with van der Waals surface area (Å²) in [5.74, 6) is -1.20. The van der Waals surface area contributed by atoms with Gasteiger partial charge in [-0.25, -0.2) is 13.1 Å². The van der Waals surface area contributed by atoms with Crippen LogP contribution in [0, 0.1) is 5.92 Å². The van der Waals surface area contributed by atoms with Crippen molar-refractivity contribution in [2.45, 2.75) is 42.5 Å². The minimum atomic E-state index is -4.09. The average Bonchev–Trinajstić information content (AvgIpc) is 3.28. The van der Waals surface area contributed by atoms with E-state index in [9.17, 15) is 18.0 Å². The number of sulfonamides is 1. The first-order valence-corrected chi connectivity index (χ1v) is 10.2. The first-order valence-electron chi connectivity index (χ1n) is 8.74. The maximum atomic E-state index is 12.5. The van der Waals surface area contributed by atoms with Crippen LogP contribution in [0.25, 0.3) is 0 Å². The van der Waals surface area contributed by atoms with Gasteiger partial charge in [-0.3, -0.25) is 9.59 Å². The summed E-state index contributed by atoms with van der Waals surface area (Å²) in [7, 11) is -4.09. The molecular weight excluding hydrogens is 354 g/mol. The highest BCUT2D eigenvalue weighted by Crippen LogP contribution is 2.42. The molecule has 0 aromatic heterocycles. The van der Waals surface area contributed by atoms with E-state index in [0.717, 1.165) is 25.7 Å². The van der Waals surface area contributed by atoms with E-state index in [1.807, 2.05) is 16.9 Å². The lowest BCUT2D eigenvalue weighted by molar-refractivity contribution is -0.121. The number of hydrogen-bond acceptors (Lipinski definition) is 5. The van der Waals surface area contributed by atoms with Crippen molar-refractivity contribution in [3.8, 4) is 0 Å². The smallest absolute Gasteiger partial charge is 0.264 e. The van der Waals surface area contributed by atoms with Crippen LogP contribution in [0.4, 0.5) is 0 Å². The number of carbonyl (C=O) groups is 2. The number of rotatable bonds is 0. The van der Waals surface area contributed by atoms with Crippen LogP contribution >= 0.6 is 0 Å². The van der Waals surface area contributed by atoms with Gasteiger partial charge in [0.05, 0.1) is 4.90 Å². The first kappa shape index (κ1) is 18.6. The fourth-order valence-corrected chi connectivity index (χ4v) is 4.11. The molecule has 7 nitrogen and oxygen atoms in total. The van der Waals surface area contributed by atoms with Crippen molar-refractivity contribution >= 4 is 21.8 Å². The summed E-state index contributed by atoms with van der Waals surface area (Å²) in [5.41, 5.74) is 5.10.